The van der Waals surface area contributed by atoms with Gasteiger partial charge in [-0.15, -0.1) is 0 Å². The Bertz CT molecular complexity index is 336. The molecular weight excluding hydrogens is 181 g/mol. The first-order chi connectivity index (χ1) is 6.70. The number of nitrogens with two attached hydrogens (primary N) is 1. The minimum Gasteiger partial charge on any atom is -0.505 e. The maximum Gasteiger partial charge on any atom is 0.165 e. The van der Waals surface area contributed by atoms with Gasteiger partial charge in [0.15, 0.2) is 11.6 Å². The van der Waals surface area contributed by atoms with Crippen LogP contribution < -0.4 is 5.73 Å². The average molecular weight is 195 g/mol. The molecule has 2 rings (SSSR count). The predicted octanol–water partition coefficient (Wildman–Crippen LogP) is 2.33. The van der Waals surface area contributed by atoms with E-state index in [2.05, 4.69) is 0 Å². The molecule has 2 nitrogen and oxygen atoms in total. The molecule has 1 saturated carbocycles. The summed E-state index contributed by atoms with van der Waals surface area (Å²) in [6, 6.07) is 4.30. The molecular formula is C11H14FNO. The van der Waals surface area contributed by atoms with Crippen LogP contribution in [0.2, 0.25) is 0 Å². The van der Waals surface area contributed by atoms with Crippen molar-refractivity contribution in [3.63, 3.8) is 0 Å². The predicted molar refractivity (Wildman–Crippen MR) is 52.3 cm³/mol. The Balaban J connectivity index is 2.26. The number of rotatable bonds is 2. The normalized spacial score (nSPS) is 19.0. The number of benzene rings is 1. The van der Waals surface area contributed by atoms with E-state index >= 15 is 0 Å². The van der Waals surface area contributed by atoms with E-state index < -0.39 is 5.82 Å². The maximum atomic E-state index is 13.0. The molecule has 1 aliphatic rings. The molecule has 76 valence electrons. The maximum absolute atomic E-state index is 13.0. The van der Waals surface area contributed by atoms with E-state index in [-0.39, 0.29) is 11.8 Å². The number of halogens is 1. The van der Waals surface area contributed by atoms with Gasteiger partial charge in [0.25, 0.3) is 0 Å². The van der Waals surface area contributed by atoms with Crippen LogP contribution in [0, 0.1) is 11.7 Å². The molecule has 0 aliphatic heterocycles. The van der Waals surface area contributed by atoms with Gasteiger partial charge in [-0.2, -0.15) is 0 Å². The van der Waals surface area contributed by atoms with Crippen LogP contribution in [-0.2, 0) is 0 Å². The molecule has 0 aromatic heterocycles. The fourth-order valence-electron chi connectivity index (χ4n) is 1.85. The summed E-state index contributed by atoms with van der Waals surface area (Å²) in [5, 5.41) is 9.48. The number of aromatic hydroxyl groups is 1. The van der Waals surface area contributed by atoms with E-state index in [1.54, 1.807) is 12.1 Å². The van der Waals surface area contributed by atoms with E-state index in [0.717, 1.165) is 12.8 Å². The Labute approximate surface area is 82.5 Å². The molecule has 0 spiro atoms. The van der Waals surface area contributed by atoms with Crippen LogP contribution in [0.25, 0.3) is 0 Å². The summed E-state index contributed by atoms with van der Waals surface area (Å²) in [7, 11) is 0. The highest BCUT2D eigenvalue weighted by Gasteiger charge is 2.27. The van der Waals surface area contributed by atoms with Crippen molar-refractivity contribution in [3.8, 4) is 5.75 Å². The lowest BCUT2D eigenvalue weighted by Crippen LogP contribution is -2.26. The molecule has 1 atom stereocenters. The van der Waals surface area contributed by atoms with Gasteiger partial charge in [0.1, 0.15) is 0 Å². The Morgan fingerprint density at radius 3 is 2.71 bits per heavy atom. The zero-order valence-electron chi connectivity index (χ0n) is 7.91. The van der Waals surface area contributed by atoms with Crippen LogP contribution in [0.4, 0.5) is 4.39 Å². The molecule has 0 amide bonds. The van der Waals surface area contributed by atoms with Crippen LogP contribution >= 0.6 is 0 Å². The van der Waals surface area contributed by atoms with E-state index in [4.69, 9.17) is 5.73 Å². The first-order valence-corrected chi connectivity index (χ1v) is 4.93. The molecule has 3 heteroatoms. The summed E-state index contributed by atoms with van der Waals surface area (Å²) >= 11 is 0. The summed E-state index contributed by atoms with van der Waals surface area (Å²) in [4.78, 5) is 0. The van der Waals surface area contributed by atoms with Gasteiger partial charge < -0.3 is 10.8 Å². The molecule has 0 heterocycles. The lowest BCUT2D eigenvalue weighted by Gasteiger charge is -2.31. The number of hydrogen-bond donors (Lipinski definition) is 2. The van der Waals surface area contributed by atoms with Gasteiger partial charge in [-0.3, -0.25) is 0 Å². The van der Waals surface area contributed by atoms with Crippen molar-refractivity contribution in [3.05, 3.63) is 29.6 Å². The molecule has 0 radical (unpaired) electrons. The molecule has 1 aromatic carbocycles. The largest absolute Gasteiger partial charge is 0.505 e. The number of phenolic OH excluding ortho intramolecular Hbond substituents is 1. The van der Waals surface area contributed by atoms with Crippen LogP contribution in [0.15, 0.2) is 18.2 Å². The number of para-hydroxylation sites is 1. The second-order valence-electron chi connectivity index (χ2n) is 3.89. The first kappa shape index (κ1) is 9.46. The molecule has 14 heavy (non-hydrogen) atoms. The topological polar surface area (TPSA) is 46.2 Å². The Kier molecular flexibility index (Phi) is 2.42. The monoisotopic (exact) mass is 195 g/mol. The van der Waals surface area contributed by atoms with Gasteiger partial charge >= 0.3 is 0 Å². The van der Waals surface area contributed by atoms with E-state index in [1.807, 2.05) is 0 Å². The second kappa shape index (κ2) is 3.58. The van der Waals surface area contributed by atoms with Crippen molar-refractivity contribution in [1.29, 1.82) is 0 Å². The van der Waals surface area contributed by atoms with Gasteiger partial charge in [-0.25, -0.2) is 4.39 Å². The summed E-state index contributed by atoms with van der Waals surface area (Å²) < 4.78 is 13.0. The van der Waals surface area contributed by atoms with Gasteiger partial charge in [0.05, 0.1) is 0 Å². The van der Waals surface area contributed by atoms with E-state index in [1.165, 1.54) is 12.5 Å². The summed E-state index contributed by atoms with van der Waals surface area (Å²) in [6.45, 7) is 0. The SMILES string of the molecule is N[C@@H](c1cccc(F)c1O)C1CCC1. The highest BCUT2D eigenvalue weighted by Crippen LogP contribution is 2.39. The average Bonchev–Trinajstić information content (AvgIpc) is 2.06. The van der Waals surface area contributed by atoms with E-state index in [9.17, 15) is 9.50 Å². The highest BCUT2D eigenvalue weighted by atomic mass is 19.1. The van der Waals surface area contributed by atoms with Gasteiger partial charge in [-0.1, -0.05) is 18.6 Å². The quantitative estimate of drug-likeness (QED) is 0.760. The summed E-state index contributed by atoms with van der Waals surface area (Å²) in [5.74, 6) is -0.466. The molecule has 0 unspecified atom stereocenters. The van der Waals surface area contributed by atoms with Crippen molar-refractivity contribution in [2.24, 2.45) is 11.7 Å². The minimum atomic E-state index is -0.586. The standard InChI is InChI=1S/C11H14FNO/c12-9-6-2-5-8(11(9)14)10(13)7-3-1-4-7/h2,5-7,10,14H,1,3-4,13H2/t10-/m1/s1. The molecule has 1 aliphatic carbocycles. The Morgan fingerprint density at radius 1 is 1.43 bits per heavy atom. The summed E-state index contributed by atoms with van der Waals surface area (Å²) in [6.07, 6.45) is 3.35. The zero-order valence-corrected chi connectivity index (χ0v) is 7.91. The molecule has 1 fully saturated rings. The number of hydrogen-bond acceptors (Lipinski definition) is 2. The Hall–Kier alpha value is -1.09. The molecule has 3 N–H and O–H groups in total. The first-order valence-electron chi connectivity index (χ1n) is 4.93. The molecule has 1 aromatic rings. The van der Waals surface area contributed by atoms with Crippen molar-refractivity contribution in [2.75, 3.05) is 0 Å². The van der Waals surface area contributed by atoms with Crippen LogP contribution in [0.3, 0.4) is 0 Å². The summed E-state index contributed by atoms with van der Waals surface area (Å²) in [5.41, 5.74) is 6.48. The van der Waals surface area contributed by atoms with Gasteiger partial charge in [0, 0.05) is 11.6 Å². The molecule has 0 saturated heterocycles. The van der Waals surface area contributed by atoms with Crippen molar-refractivity contribution >= 4 is 0 Å². The lowest BCUT2D eigenvalue weighted by atomic mass is 9.77. The Morgan fingerprint density at radius 2 is 2.14 bits per heavy atom. The smallest absolute Gasteiger partial charge is 0.165 e. The van der Waals surface area contributed by atoms with Crippen molar-refractivity contribution < 1.29 is 9.50 Å². The third-order valence-electron chi connectivity index (χ3n) is 3.03. The van der Waals surface area contributed by atoms with E-state index in [0.29, 0.717) is 11.5 Å². The lowest BCUT2D eigenvalue weighted by molar-refractivity contribution is 0.259. The van der Waals surface area contributed by atoms with Crippen LogP contribution in [0.5, 0.6) is 5.75 Å². The fraction of sp³-hybridized carbons (Fsp3) is 0.455. The van der Waals surface area contributed by atoms with Crippen LogP contribution in [-0.4, -0.2) is 5.11 Å². The van der Waals surface area contributed by atoms with Gasteiger partial charge in [0.2, 0.25) is 0 Å². The van der Waals surface area contributed by atoms with Crippen LogP contribution in [0.1, 0.15) is 30.9 Å². The van der Waals surface area contributed by atoms with Crippen molar-refractivity contribution in [1.82, 2.24) is 0 Å². The third-order valence-corrected chi connectivity index (χ3v) is 3.03. The third kappa shape index (κ3) is 1.48. The van der Waals surface area contributed by atoms with Gasteiger partial charge in [-0.05, 0) is 24.8 Å². The van der Waals surface area contributed by atoms with Crippen molar-refractivity contribution in [2.45, 2.75) is 25.3 Å². The minimum absolute atomic E-state index is 0.223. The number of phenols is 1. The highest BCUT2D eigenvalue weighted by molar-refractivity contribution is 5.36. The zero-order chi connectivity index (χ0) is 10.1. The second-order valence-corrected chi connectivity index (χ2v) is 3.89. The molecule has 0 bridgehead atoms. The fourth-order valence-corrected chi connectivity index (χ4v) is 1.85.